The first-order chi connectivity index (χ1) is 8.65. The van der Waals surface area contributed by atoms with E-state index in [-0.39, 0.29) is 0 Å². The highest BCUT2D eigenvalue weighted by atomic mass is 79.9. The fourth-order valence-electron chi connectivity index (χ4n) is 1.56. The summed E-state index contributed by atoms with van der Waals surface area (Å²) in [7, 11) is 0. The van der Waals surface area contributed by atoms with Crippen LogP contribution in [0.2, 0.25) is 0 Å². The van der Waals surface area contributed by atoms with Crippen LogP contribution in [0.25, 0.3) is 0 Å². The molecule has 0 fully saturated rings. The van der Waals surface area contributed by atoms with Gasteiger partial charge in [-0.25, -0.2) is 0 Å². The quantitative estimate of drug-likeness (QED) is 0.855. The number of halogens is 1. The van der Waals surface area contributed by atoms with Gasteiger partial charge in [-0.3, -0.25) is 10.1 Å². The fourth-order valence-corrected chi connectivity index (χ4v) is 2.59. The van der Waals surface area contributed by atoms with Crippen molar-refractivity contribution in [3.8, 4) is 0 Å². The van der Waals surface area contributed by atoms with Gasteiger partial charge in [-0.15, -0.1) is 0 Å². The second-order valence-corrected chi connectivity index (χ2v) is 5.53. The lowest BCUT2D eigenvalue weighted by molar-refractivity contribution is -0.139. The van der Waals surface area contributed by atoms with Gasteiger partial charge in [0.2, 0.25) is 0 Å². The van der Waals surface area contributed by atoms with E-state index in [1.807, 2.05) is 22.9 Å². The normalized spacial score (nSPS) is 12.5. The molecule has 0 bridgehead atoms. The van der Waals surface area contributed by atoms with Crippen LogP contribution < -0.4 is 5.32 Å². The Balaban J connectivity index is 1.92. The van der Waals surface area contributed by atoms with Gasteiger partial charge < -0.3 is 9.52 Å². The van der Waals surface area contributed by atoms with Gasteiger partial charge in [-0.2, -0.15) is 11.3 Å². The van der Waals surface area contributed by atoms with Gasteiger partial charge in [0, 0.05) is 0 Å². The van der Waals surface area contributed by atoms with Crippen molar-refractivity contribution >= 4 is 33.2 Å². The van der Waals surface area contributed by atoms with E-state index >= 15 is 0 Å². The van der Waals surface area contributed by atoms with Crippen LogP contribution in [0.1, 0.15) is 11.3 Å². The van der Waals surface area contributed by atoms with E-state index < -0.39 is 12.0 Å². The summed E-state index contributed by atoms with van der Waals surface area (Å²) in [5.41, 5.74) is 1.03. The van der Waals surface area contributed by atoms with Gasteiger partial charge in [0.1, 0.15) is 18.1 Å². The van der Waals surface area contributed by atoms with Gasteiger partial charge in [0.05, 0.1) is 11.0 Å². The van der Waals surface area contributed by atoms with Crippen LogP contribution >= 0.6 is 27.3 Å². The van der Waals surface area contributed by atoms with Crippen molar-refractivity contribution in [3.05, 3.63) is 45.0 Å². The van der Waals surface area contributed by atoms with E-state index in [0.29, 0.717) is 18.7 Å². The topological polar surface area (TPSA) is 62.5 Å². The Hall–Kier alpha value is -1.11. The number of hydrogen-bond donors (Lipinski definition) is 2. The summed E-state index contributed by atoms with van der Waals surface area (Å²) in [5.74, 6) is -0.148. The lowest BCUT2D eigenvalue weighted by Crippen LogP contribution is -2.37. The highest BCUT2D eigenvalue weighted by molar-refractivity contribution is 9.10. The maximum absolute atomic E-state index is 11.2. The van der Waals surface area contributed by atoms with Crippen molar-refractivity contribution in [3.63, 3.8) is 0 Å². The van der Waals surface area contributed by atoms with Crippen LogP contribution in [0, 0.1) is 0 Å². The molecule has 0 saturated carbocycles. The van der Waals surface area contributed by atoms with E-state index in [0.717, 1.165) is 10.0 Å². The number of carbonyl (C=O) groups is 1. The molecule has 0 saturated heterocycles. The molecule has 6 heteroatoms. The molecule has 2 heterocycles. The summed E-state index contributed by atoms with van der Waals surface area (Å²) >= 11 is 4.85. The second kappa shape index (κ2) is 6.17. The molecule has 2 aromatic rings. The summed E-state index contributed by atoms with van der Waals surface area (Å²) in [6.45, 7) is 0.396. The number of carboxylic acid groups (broad SMARTS) is 1. The molecule has 0 radical (unpaired) electrons. The van der Waals surface area contributed by atoms with Gasteiger partial charge >= 0.3 is 5.97 Å². The molecule has 0 amide bonds. The van der Waals surface area contributed by atoms with Gasteiger partial charge in [-0.1, -0.05) is 0 Å². The van der Waals surface area contributed by atoms with Gasteiger partial charge in [-0.05, 0) is 50.8 Å². The van der Waals surface area contributed by atoms with Crippen molar-refractivity contribution in [1.82, 2.24) is 5.32 Å². The fraction of sp³-hybridized carbons (Fsp3) is 0.250. The summed E-state index contributed by atoms with van der Waals surface area (Å²) in [5, 5.41) is 16.0. The summed E-state index contributed by atoms with van der Waals surface area (Å²) in [6.07, 6.45) is 2.05. The minimum absolute atomic E-state index is 0.396. The Morgan fingerprint density at radius 1 is 1.61 bits per heavy atom. The third kappa shape index (κ3) is 3.69. The molecule has 0 aliphatic heterocycles. The zero-order valence-electron chi connectivity index (χ0n) is 9.43. The van der Waals surface area contributed by atoms with Crippen LogP contribution in [-0.2, 0) is 17.8 Å². The average molecular weight is 330 g/mol. The van der Waals surface area contributed by atoms with Crippen molar-refractivity contribution in [2.24, 2.45) is 0 Å². The molecule has 2 rings (SSSR count). The van der Waals surface area contributed by atoms with Crippen LogP contribution in [0.15, 0.2) is 38.0 Å². The SMILES string of the molecule is O=C(O)C(Cc1ccsc1)NCc1cc(Br)co1. The smallest absolute Gasteiger partial charge is 0.321 e. The highest BCUT2D eigenvalue weighted by Gasteiger charge is 2.18. The van der Waals surface area contributed by atoms with Crippen LogP contribution in [0.3, 0.4) is 0 Å². The number of thiophene rings is 1. The third-order valence-electron chi connectivity index (χ3n) is 2.46. The first kappa shape index (κ1) is 13.3. The molecule has 4 nitrogen and oxygen atoms in total. The number of furan rings is 1. The molecule has 96 valence electrons. The molecule has 0 spiro atoms. The predicted molar refractivity (Wildman–Crippen MR) is 72.7 cm³/mol. The zero-order chi connectivity index (χ0) is 13.0. The monoisotopic (exact) mass is 329 g/mol. The van der Waals surface area contributed by atoms with E-state index in [4.69, 9.17) is 9.52 Å². The molecule has 2 aromatic heterocycles. The lowest BCUT2D eigenvalue weighted by atomic mass is 10.1. The number of rotatable bonds is 6. The first-order valence-electron chi connectivity index (χ1n) is 5.35. The number of carboxylic acids is 1. The largest absolute Gasteiger partial charge is 0.480 e. The van der Waals surface area contributed by atoms with E-state index in [1.165, 1.54) is 0 Å². The summed E-state index contributed by atoms with van der Waals surface area (Å²) < 4.78 is 6.08. The molecule has 2 N–H and O–H groups in total. The first-order valence-corrected chi connectivity index (χ1v) is 7.09. The molecular formula is C12H12BrNO3S. The number of hydrogen-bond acceptors (Lipinski definition) is 4. The van der Waals surface area contributed by atoms with Crippen molar-refractivity contribution < 1.29 is 14.3 Å². The van der Waals surface area contributed by atoms with Gasteiger partial charge in [0.15, 0.2) is 0 Å². The summed E-state index contributed by atoms with van der Waals surface area (Å²) in [6, 6.07) is 3.14. The van der Waals surface area contributed by atoms with Crippen molar-refractivity contribution in [2.75, 3.05) is 0 Å². The third-order valence-corrected chi connectivity index (χ3v) is 3.61. The molecule has 1 atom stereocenters. The van der Waals surface area contributed by atoms with E-state index in [1.54, 1.807) is 17.6 Å². The second-order valence-electron chi connectivity index (χ2n) is 3.84. The van der Waals surface area contributed by atoms with Gasteiger partial charge in [0.25, 0.3) is 0 Å². The molecule has 18 heavy (non-hydrogen) atoms. The van der Waals surface area contributed by atoms with Crippen molar-refractivity contribution in [1.29, 1.82) is 0 Å². The van der Waals surface area contributed by atoms with E-state index in [2.05, 4.69) is 21.2 Å². The Kier molecular flexibility index (Phi) is 4.57. The van der Waals surface area contributed by atoms with Crippen LogP contribution in [-0.4, -0.2) is 17.1 Å². The standard InChI is InChI=1S/C12H12BrNO3S/c13-9-4-10(17-6-9)5-14-11(12(15)16)3-8-1-2-18-7-8/h1-2,4,6-7,11,14H,3,5H2,(H,15,16). The minimum Gasteiger partial charge on any atom is -0.480 e. The number of aliphatic carboxylic acids is 1. The molecule has 0 aromatic carbocycles. The maximum Gasteiger partial charge on any atom is 0.321 e. The molecular weight excluding hydrogens is 318 g/mol. The maximum atomic E-state index is 11.2. The number of nitrogens with one attached hydrogen (secondary N) is 1. The lowest BCUT2D eigenvalue weighted by Gasteiger charge is -2.12. The predicted octanol–water partition coefficient (Wildman–Crippen LogP) is 2.89. The summed E-state index contributed by atoms with van der Waals surface area (Å²) in [4.78, 5) is 11.2. The minimum atomic E-state index is -0.855. The molecule has 1 unspecified atom stereocenters. The van der Waals surface area contributed by atoms with Crippen LogP contribution in [0.5, 0.6) is 0 Å². The Morgan fingerprint density at radius 2 is 2.44 bits per heavy atom. The average Bonchev–Trinajstić information content (AvgIpc) is 2.95. The Morgan fingerprint density at radius 3 is 3.00 bits per heavy atom. The van der Waals surface area contributed by atoms with Crippen molar-refractivity contribution in [2.45, 2.75) is 19.0 Å². The Bertz CT molecular complexity index is 509. The zero-order valence-corrected chi connectivity index (χ0v) is 11.8. The van der Waals surface area contributed by atoms with Crippen LogP contribution in [0.4, 0.5) is 0 Å². The molecule has 0 aliphatic rings. The molecule has 0 aliphatic carbocycles. The highest BCUT2D eigenvalue weighted by Crippen LogP contribution is 2.14. The van der Waals surface area contributed by atoms with E-state index in [9.17, 15) is 4.79 Å². The Labute approximate surface area is 117 Å².